The molecule has 0 amide bonds. The largest absolute Gasteiger partial charge is 0.508 e. The second-order valence-electron chi connectivity index (χ2n) is 3.64. The fraction of sp³-hybridized carbons (Fsp3) is 0.500. The highest BCUT2D eigenvalue weighted by atomic mass is 16.3. The maximum Gasteiger partial charge on any atom is 0.120 e. The zero-order valence-electron chi connectivity index (χ0n) is 8.96. The van der Waals surface area contributed by atoms with Gasteiger partial charge in [0, 0.05) is 11.6 Å². The first kappa shape index (κ1) is 11.1. The molecule has 14 heavy (non-hydrogen) atoms. The summed E-state index contributed by atoms with van der Waals surface area (Å²) in [6.45, 7) is 4.20. The Kier molecular flexibility index (Phi) is 3.96. The molecule has 0 saturated carbocycles. The summed E-state index contributed by atoms with van der Waals surface area (Å²) in [5, 5.41) is 9.65. The molecule has 1 rings (SSSR count). The van der Waals surface area contributed by atoms with Crippen molar-refractivity contribution < 1.29 is 5.11 Å². The molecule has 0 radical (unpaired) electrons. The zero-order chi connectivity index (χ0) is 10.6. The van der Waals surface area contributed by atoms with Crippen LogP contribution in [0.25, 0.3) is 0 Å². The van der Waals surface area contributed by atoms with E-state index < -0.39 is 0 Å². The summed E-state index contributed by atoms with van der Waals surface area (Å²) in [5.74, 6) is 0.322. The van der Waals surface area contributed by atoms with Gasteiger partial charge in [0.25, 0.3) is 0 Å². The minimum absolute atomic E-state index is 0.0356. The van der Waals surface area contributed by atoms with E-state index in [9.17, 15) is 5.11 Å². The molecule has 0 aliphatic carbocycles. The average molecular weight is 193 g/mol. The molecular formula is C12H19NO. The van der Waals surface area contributed by atoms with E-state index in [0.717, 1.165) is 24.8 Å². The number of rotatable bonds is 4. The minimum Gasteiger partial charge on any atom is -0.508 e. The Morgan fingerprint density at radius 1 is 1.36 bits per heavy atom. The van der Waals surface area contributed by atoms with Crippen LogP contribution in [0, 0.1) is 0 Å². The van der Waals surface area contributed by atoms with Gasteiger partial charge in [-0.15, -0.1) is 0 Å². The molecule has 0 bridgehead atoms. The summed E-state index contributed by atoms with van der Waals surface area (Å²) in [5.41, 5.74) is 8.08. The van der Waals surface area contributed by atoms with Crippen LogP contribution in [-0.4, -0.2) is 5.11 Å². The van der Waals surface area contributed by atoms with Crippen LogP contribution in [0.15, 0.2) is 18.2 Å². The van der Waals surface area contributed by atoms with Gasteiger partial charge >= 0.3 is 0 Å². The number of phenolic OH excluding ortho intramolecular Hbond substituents is 1. The maximum absolute atomic E-state index is 9.65. The Bertz CT molecular complexity index is 296. The highest BCUT2D eigenvalue weighted by Crippen LogP contribution is 2.26. The monoisotopic (exact) mass is 193 g/mol. The predicted octanol–water partition coefficient (Wildman–Crippen LogP) is 2.75. The van der Waals surface area contributed by atoms with E-state index >= 15 is 0 Å². The third kappa shape index (κ3) is 2.48. The topological polar surface area (TPSA) is 46.2 Å². The van der Waals surface area contributed by atoms with Crippen molar-refractivity contribution in [3.8, 4) is 5.75 Å². The van der Waals surface area contributed by atoms with Crippen molar-refractivity contribution in [2.24, 2.45) is 5.73 Å². The van der Waals surface area contributed by atoms with Crippen LogP contribution >= 0.6 is 0 Å². The first-order chi connectivity index (χ1) is 6.69. The number of nitrogens with two attached hydrogens (primary N) is 1. The second kappa shape index (κ2) is 5.01. The van der Waals surface area contributed by atoms with Crippen LogP contribution in [0.2, 0.25) is 0 Å². The van der Waals surface area contributed by atoms with Gasteiger partial charge in [0.1, 0.15) is 5.75 Å². The van der Waals surface area contributed by atoms with Crippen molar-refractivity contribution in [2.45, 2.75) is 39.2 Å². The number of aryl methyl sites for hydroxylation is 1. The molecule has 0 aromatic heterocycles. The van der Waals surface area contributed by atoms with Crippen LogP contribution < -0.4 is 5.73 Å². The first-order valence-corrected chi connectivity index (χ1v) is 5.26. The molecule has 0 heterocycles. The quantitative estimate of drug-likeness (QED) is 0.772. The van der Waals surface area contributed by atoms with E-state index in [-0.39, 0.29) is 6.04 Å². The van der Waals surface area contributed by atoms with Gasteiger partial charge in [-0.05, 0) is 24.5 Å². The first-order valence-electron chi connectivity index (χ1n) is 5.26. The Balaban J connectivity index is 2.93. The maximum atomic E-state index is 9.65. The summed E-state index contributed by atoms with van der Waals surface area (Å²) in [4.78, 5) is 0. The summed E-state index contributed by atoms with van der Waals surface area (Å²) in [6, 6.07) is 5.66. The lowest BCUT2D eigenvalue weighted by molar-refractivity contribution is 0.457. The molecule has 0 spiro atoms. The number of phenols is 1. The van der Waals surface area contributed by atoms with Gasteiger partial charge in [0.15, 0.2) is 0 Å². The third-order valence-electron chi connectivity index (χ3n) is 2.50. The van der Waals surface area contributed by atoms with Crippen molar-refractivity contribution in [3.05, 3.63) is 29.3 Å². The van der Waals surface area contributed by atoms with Crippen LogP contribution in [0.1, 0.15) is 43.9 Å². The minimum atomic E-state index is -0.0356. The second-order valence-corrected chi connectivity index (χ2v) is 3.64. The van der Waals surface area contributed by atoms with Gasteiger partial charge in [-0.2, -0.15) is 0 Å². The Hall–Kier alpha value is -1.02. The Morgan fingerprint density at radius 3 is 2.64 bits per heavy atom. The molecule has 0 aliphatic rings. The van der Waals surface area contributed by atoms with E-state index in [1.165, 1.54) is 5.56 Å². The lowest BCUT2D eigenvalue weighted by Gasteiger charge is -2.13. The highest BCUT2D eigenvalue weighted by molar-refractivity contribution is 5.38. The normalized spacial score (nSPS) is 12.8. The van der Waals surface area contributed by atoms with Crippen LogP contribution in [-0.2, 0) is 6.42 Å². The van der Waals surface area contributed by atoms with E-state index in [1.54, 1.807) is 6.07 Å². The van der Waals surface area contributed by atoms with Gasteiger partial charge in [-0.1, -0.05) is 32.4 Å². The van der Waals surface area contributed by atoms with Gasteiger partial charge in [-0.25, -0.2) is 0 Å². The van der Waals surface area contributed by atoms with Gasteiger partial charge < -0.3 is 10.8 Å². The molecular weight excluding hydrogens is 174 g/mol. The molecule has 1 aromatic carbocycles. The molecule has 0 fully saturated rings. The zero-order valence-corrected chi connectivity index (χ0v) is 8.96. The smallest absolute Gasteiger partial charge is 0.120 e. The molecule has 1 unspecified atom stereocenters. The molecule has 2 nitrogen and oxygen atoms in total. The molecule has 1 atom stereocenters. The average Bonchev–Trinajstić information content (AvgIpc) is 2.19. The van der Waals surface area contributed by atoms with E-state index in [2.05, 4.69) is 13.8 Å². The number of benzene rings is 1. The summed E-state index contributed by atoms with van der Waals surface area (Å²) in [6.07, 6.45) is 2.93. The fourth-order valence-electron chi connectivity index (χ4n) is 1.59. The van der Waals surface area contributed by atoms with Crippen molar-refractivity contribution in [2.75, 3.05) is 0 Å². The van der Waals surface area contributed by atoms with Crippen LogP contribution in [0.5, 0.6) is 5.75 Å². The number of hydrogen-bond donors (Lipinski definition) is 2. The number of hydrogen-bond acceptors (Lipinski definition) is 2. The van der Waals surface area contributed by atoms with Gasteiger partial charge in [0.2, 0.25) is 0 Å². The molecule has 0 aliphatic heterocycles. The summed E-state index contributed by atoms with van der Waals surface area (Å²) >= 11 is 0. The summed E-state index contributed by atoms with van der Waals surface area (Å²) in [7, 11) is 0. The third-order valence-corrected chi connectivity index (χ3v) is 2.50. The summed E-state index contributed by atoms with van der Waals surface area (Å²) < 4.78 is 0. The highest BCUT2D eigenvalue weighted by Gasteiger charge is 2.10. The molecule has 0 saturated heterocycles. The van der Waals surface area contributed by atoms with Crippen molar-refractivity contribution in [1.82, 2.24) is 0 Å². The lowest BCUT2D eigenvalue weighted by atomic mass is 9.99. The molecule has 78 valence electrons. The predicted molar refractivity (Wildman–Crippen MR) is 59.3 cm³/mol. The van der Waals surface area contributed by atoms with Crippen molar-refractivity contribution in [1.29, 1.82) is 0 Å². The van der Waals surface area contributed by atoms with Gasteiger partial charge in [0.05, 0.1) is 0 Å². The van der Waals surface area contributed by atoms with Crippen molar-refractivity contribution >= 4 is 0 Å². The van der Waals surface area contributed by atoms with Gasteiger partial charge in [-0.3, -0.25) is 0 Å². The molecule has 1 aromatic rings. The van der Waals surface area contributed by atoms with Crippen LogP contribution in [0.4, 0.5) is 0 Å². The van der Waals surface area contributed by atoms with Crippen molar-refractivity contribution in [3.63, 3.8) is 0 Å². The molecule has 3 N–H and O–H groups in total. The fourth-order valence-corrected chi connectivity index (χ4v) is 1.59. The van der Waals surface area contributed by atoms with Crippen LogP contribution in [0.3, 0.4) is 0 Å². The Morgan fingerprint density at radius 2 is 2.07 bits per heavy atom. The SMILES string of the molecule is CCCC(N)c1cc(CC)ccc1O. The van der Waals surface area contributed by atoms with E-state index in [4.69, 9.17) is 5.73 Å². The Labute approximate surface area is 85.8 Å². The van der Waals surface area contributed by atoms with E-state index in [1.807, 2.05) is 12.1 Å². The standard InChI is InChI=1S/C12H19NO/c1-3-5-11(13)10-8-9(4-2)6-7-12(10)14/h6-8,11,14H,3-5,13H2,1-2H3. The number of aromatic hydroxyl groups is 1. The molecule has 2 heteroatoms. The van der Waals surface area contributed by atoms with E-state index in [0.29, 0.717) is 5.75 Å². The lowest BCUT2D eigenvalue weighted by Crippen LogP contribution is -2.10.